The smallest absolute Gasteiger partial charge is 0.370 e. The van der Waals surface area contributed by atoms with Crippen molar-refractivity contribution < 1.29 is 4.74 Å². The predicted octanol–water partition coefficient (Wildman–Crippen LogP) is 0.840. The fourth-order valence-corrected chi connectivity index (χ4v) is 0.405. The van der Waals surface area contributed by atoms with Gasteiger partial charge in [0, 0.05) is 0 Å². The van der Waals surface area contributed by atoms with Crippen molar-refractivity contribution in [1.29, 1.82) is 10.7 Å². The van der Waals surface area contributed by atoms with E-state index in [0.29, 0.717) is 6.61 Å². The summed E-state index contributed by atoms with van der Waals surface area (Å²) in [4.78, 5) is 6.51. The Morgan fingerprint density at radius 1 is 2.00 bits per heavy atom. The first-order valence-electron chi connectivity index (χ1n) is 3.24. The Morgan fingerprint density at radius 2 is 2.67 bits per heavy atom. The van der Waals surface area contributed by atoms with E-state index in [1.165, 1.54) is 0 Å². The summed E-state index contributed by atoms with van der Waals surface area (Å²) < 4.78 is 4.72. The van der Waals surface area contributed by atoms with Gasteiger partial charge in [-0.25, -0.2) is 6.57 Å². The minimum atomic E-state index is -1.05. The Balaban J connectivity index is 4.13. The number of ether oxygens (including phenoxy) is 1. The quantitative estimate of drug-likeness (QED) is 0.380. The summed E-state index contributed by atoms with van der Waals surface area (Å²) in [5.74, 6) is 0. The predicted molar refractivity (Wildman–Crippen MR) is 43.8 cm³/mol. The second-order valence-electron chi connectivity index (χ2n) is 1.74. The van der Waals surface area contributed by atoms with Gasteiger partial charge in [0.05, 0.1) is 6.61 Å². The molecular weight excluding hydrogens is 156 g/mol. The molecule has 0 fully saturated rings. The number of aliphatic imine (C=N–C) groups is 1. The Hall–Kier alpha value is -1.88. The third kappa shape index (κ3) is 3.33. The van der Waals surface area contributed by atoms with Crippen molar-refractivity contribution in [2.75, 3.05) is 6.61 Å². The molecule has 0 aromatic heterocycles. The third-order valence-corrected chi connectivity index (χ3v) is 0.944. The number of nitriles is 1. The molecule has 0 aliphatic heterocycles. The van der Waals surface area contributed by atoms with Gasteiger partial charge in [-0.2, -0.15) is 10.3 Å². The standard InChI is InChI=1S/C7H8N4O/c1-3-12-5-11-7(10-2)6(9)4-8/h5,7,9H,3H2,1H3. The van der Waals surface area contributed by atoms with Crippen LogP contribution in [0, 0.1) is 23.3 Å². The van der Waals surface area contributed by atoms with Gasteiger partial charge in [0.25, 0.3) is 0 Å². The monoisotopic (exact) mass is 164 g/mol. The van der Waals surface area contributed by atoms with Crippen molar-refractivity contribution in [3.63, 3.8) is 0 Å². The van der Waals surface area contributed by atoms with E-state index in [4.69, 9.17) is 22.0 Å². The molecule has 1 N–H and O–H groups in total. The SMILES string of the molecule is [C-]#[N+]C(N=COCC)C(=N)C#N. The lowest BCUT2D eigenvalue weighted by Crippen LogP contribution is -2.11. The van der Waals surface area contributed by atoms with Crippen molar-refractivity contribution in [2.45, 2.75) is 13.1 Å². The summed E-state index contributed by atoms with van der Waals surface area (Å²) in [5.41, 5.74) is -0.374. The molecular formula is C7H8N4O. The van der Waals surface area contributed by atoms with Gasteiger partial charge in [0.1, 0.15) is 6.07 Å². The maximum atomic E-state index is 8.26. The normalized spacial score (nSPS) is 11.6. The molecule has 0 aliphatic rings. The topological polar surface area (TPSA) is 73.6 Å². The maximum absolute atomic E-state index is 8.26. The molecule has 1 unspecified atom stereocenters. The summed E-state index contributed by atoms with van der Waals surface area (Å²) in [7, 11) is 0. The van der Waals surface area contributed by atoms with Gasteiger partial charge in [0.15, 0.2) is 6.40 Å². The van der Waals surface area contributed by atoms with E-state index in [9.17, 15) is 0 Å². The molecule has 5 heteroatoms. The van der Waals surface area contributed by atoms with Crippen LogP contribution in [0.15, 0.2) is 4.99 Å². The molecule has 0 spiro atoms. The van der Waals surface area contributed by atoms with E-state index in [0.717, 1.165) is 6.40 Å². The number of rotatable bonds is 4. The van der Waals surface area contributed by atoms with Crippen LogP contribution in [0.25, 0.3) is 4.85 Å². The molecule has 0 aliphatic carbocycles. The fourth-order valence-electron chi connectivity index (χ4n) is 0.405. The zero-order chi connectivity index (χ0) is 9.40. The van der Waals surface area contributed by atoms with Crippen LogP contribution < -0.4 is 0 Å². The van der Waals surface area contributed by atoms with Crippen LogP contribution >= 0.6 is 0 Å². The summed E-state index contributed by atoms with van der Waals surface area (Å²) in [6.07, 6.45) is 0.0377. The third-order valence-electron chi connectivity index (χ3n) is 0.944. The highest BCUT2D eigenvalue weighted by molar-refractivity contribution is 6.01. The van der Waals surface area contributed by atoms with E-state index in [1.807, 2.05) is 0 Å². The van der Waals surface area contributed by atoms with Gasteiger partial charge < -0.3 is 4.74 Å². The van der Waals surface area contributed by atoms with Crippen LogP contribution in [0.1, 0.15) is 6.92 Å². The molecule has 0 heterocycles. The molecule has 0 radical (unpaired) electrons. The average Bonchev–Trinajstić information content (AvgIpc) is 2.11. The molecule has 5 nitrogen and oxygen atoms in total. The number of nitrogens with zero attached hydrogens (tertiary/aromatic N) is 3. The first-order chi connectivity index (χ1) is 5.76. The number of hydrogen-bond donors (Lipinski definition) is 1. The van der Waals surface area contributed by atoms with Gasteiger partial charge in [-0.05, 0) is 6.92 Å². The van der Waals surface area contributed by atoms with Crippen molar-refractivity contribution in [3.8, 4) is 6.07 Å². The van der Waals surface area contributed by atoms with Crippen LogP contribution in [0.3, 0.4) is 0 Å². The first-order valence-corrected chi connectivity index (χ1v) is 3.24. The number of nitrogens with one attached hydrogen (secondary N) is 1. The van der Waals surface area contributed by atoms with Crippen molar-refractivity contribution in [2.24, 2.45) is 4.99 Å². The molecule has 0 aromatic carbocycles. The summed E-state index contributed by atoms with van der Waals surface area (Å²) in [6, 6.07) is 1.54. The Kier molecular flexibility index (Phi) is 4.95. The van der Waals surface area contributed by atoms with Gasteiger partial charge >= 0.3 is 6.17 Å². The minimum absolute atomic E-state index is 0.374. The molecule has 0 rings (SSSR count). The molecule has 12 heavy (non-hydrogen) atoms. The van der Waals surface area contributed by atoms with Crippen LogP contribution in [0.4, 0.5) is 0 Å². The zero-order valence-corrected chi connectivity index (χ0v) is 6.61. The van der Waals surface area contributed by atoms with E-state index in [2.05, 4.69) is 9.84 Å². The molecule has 0 bridgehead atoms. The van der Waals surface area contributed by atoms with Gasteiger partial charge in [-0.1, -0.05) is 0 Å². The van der Waals surface area contributed by atoms with Gasteiger partial charge in [-0.15, -0.1) is 0 Å². The minimum Gasteiger partial charge on any atom is -0.483 e. The Morgan fingerprint density at radius 3 is 3.08 bits per heavy atom. The van der Waals surface area contributed by atoms with E-state index >= 15 is 0 Å². The van der Waals surface area contributed by atoms with Gasteiger partial charge in [-0.3, -0.25) is 10.3 Å². The number of hydrogen-bond acceptors (Lipinski definition) is 4. The molecule has 0 saturated heterocycles. The van der Waals surface area contributed by atoms with Crippen LogP contribution in [0.2, 0.25) is 0 Å². The second kappa shape index (κ2) is 5.87. The first kappa shape index (κ1) is 10.1. The van der Waals surface area contributed by atoms with Gasteiger partial charge in [0.2, 0.25) is 5.71 Å². The highest BCUT2D eigenvalue weighted by Gasteiger charge is 2.15. The highest BCUT2D eigenvalue weighted by atomic mass is 16.5. The van der Waals surface area contributed by atoms with Crippen LogP contribution in [-0.4, -0.2) is 24.9 Å². The summed E-state index contributed by atoms with van der Waals surface area (Å²) in [6.45, 7) is 8.82. The second-order valence-corrected chi connectivity index (χ2v) is 1.74. The summed E-state index contributed by atoms with van der Waals surface area (Å²) in [5, 5.41) is 15.2. The van der Waals surface area contributed by atoms with Crippen molar-refractivity contribution in [1.82, 2.24) is 0 Å². The lowest BCUT2D eigenvalue weighted by molar-refractivity contribution is 0.342. The highest BCUT2D eigenvalue weighted by Crippen LogP contribution is 1.93. The Bertz CT molecular complexity index is 258. The average molecular weight is 164 g/mol. The lowest BCUT2D eigenvalue weighted by atomic mass is 10.3. The van der Waals surface area contributed by atoms with Crippen LogP contribution in [0.5, 0.6) is 0 Å². The molecule has 1 atom stereocenters. The molecule has 0 aromatic rings. The summed E-state index contributed by atoms with van der Waals surface area (Å²) >= 11 is 0. The zero-order valence-electron chi connectivity index (χ0n) is 6.61. The molecule has 0 saturated carbocycles. The van der Waals surface area contributed by atoms with E-state index in [-0.39, 0.29) is 5.71 Å². The lowest BCUT2D eigenvalue weighted by Gasteiger charge is -1.93. The van der Waals surface area contributed by atoms with E-state index < -0.39 is 6.17 Å². The maximum Gasteiger partial charge on any atom is 0.370 e. The van der Waals surface area contributed by atoms with Crippen LogP contribution in [-0.2, 0) is 4.74 Å². The van der Waals surface area contributed by atoms with Crippen molar-refractivity contribution >= 4 is 12.1 Å². The molecule has 62 valence electrons. The fraction of sp³-hybridized carbons (Fsp3) is 0.429. The largest absolute Gasteiger partial charge is 0.483 e. The Labute approximate surface area is 70.6 Å². The van der Waals surface area contributed by atoms with E-state index in [1.54, 1.807) is 13.0 Å². The molecule has 0 amide bonds. The van der Waals surface area contributed by atoms with Crippen molar-refractivity contribution in [3.05, 3.63) is 11.4 Å².